The van der Waals surface area contributed by atoms with Crippen LogP contribution in [-0.4, -0.2) is 28.1 Å². The van der Waals surface area contributed by atoms with Crippen molar-refractivity contribution >= 4 is 22.5 Å². The molecule has 23 heavy (non-hydrogen) atoms. The molecule has 0 amide bonds. The number of para-hydroxylation sites is 1. The van der Waals surface area contributed by atoms with Crippen molar-refractivity contribution in [3.63, 3.8) is 0 Å². The number of fused-ring (bicyclic) bond motifs is 1. The minimum Gasteiger partial charge on any atom is -0.384 e. The summed E-state index contributed by atoms with van der Waals surface area (Å²) in [7, 11) is 0. The molecule has 4 heteroatoms. The highest BCUT2D eigenvalue weighted by Gasteiger charge is 2.37. The molecule has 1 saturated heterocycles. The fraction of sp³-hybridized carbons (Fsp3) is 0.263. The average Bonchev–Trinajstić information content (AvgIpc) is 3.14. The van der Waals surface area contributed by atoms with Gasteiger partial charge >= 0.3 is 0 Å². The predicted octanol–water partition coefficient (Wildman–Crippen LogP) is 3.91. The third kappa shape index (κ3) is 2.76. The smallest absolute Gasteiger partial charge is 0.103 e. The Labute approximate surface area is 140 Å². The summed E-state index contributed by atoms with van der Waals surface area (Å²) < 4.78 is 0. The van der Waals surface area contributed by atoms with E-state index >= 15 is 0 Å². The molecular formula is C19H19ClN2O. The van der Waals surface area contributed by atoms with Gasteiger partial charge in [0.2, 0.25) is 0 Å². The van der Waals surface area contributed by atoms with Crippen LogP contribution >= 0.6 is 11.6 Å². The number of hydrogen-bond donors (Lipinski definition) is 2. The number of aliphatic hydroxyl groups is 1. The van der Waals surface area contributed by atoms with Crippen molar-refractivity contribution in [1.82, 2.24) is 9.88 Å². The number of β-amino-alcohol motifs (C(OH)–C–C–N with tert-alkyl or cyclic N) is 1. The zero-order valence-corrected chi connectivity index (χ0v) is 13.6. The van der Waals surface area contributed by atoms with Crippen molar-refractivity contribution in [3.8, 4) is 0 Å². The molecule has 2 heterocycles. The van der Waals surface area contributed by atoms with Crippen LogP contribution in [0.25, 0.3) is 10.9 Å². The fourth-order valence-electron chi connectivity index (χ4n) is 3.51. The first-order valence-electron chi connectivity index (χ1n) is 7.90. The third-order valence-corrected chi connectivity index (χ3v) is 5.03. The van der Waals surface area contributed by atoms with E-state index in [0.29, 0.717) is 11.6 Å². The number of halogens is 1. The second-order valence-electron chi connectivity index (χ2n) is 6.36. The lowest BCUT2D eigenvalue weighted by Crippen LogP contribution is -2.30. The van der Waals surface area contributed by atoms with E-state index in [4.69, 9.17) is 11.6 Å². The molecule has 0 bridgehead atoms. The minimum absolute atomic E-state index is 0.647. The van der Waals surface area contributed by atoms with Crippen LogP contribution in [0.1, 0.15) is 17.5 Å². The number of nitrogens with one attached hydrogen (secondary N) is 1. The Morgan fingerprint density at radius 2 is 1.91 bits per heavy atom. The van der Waals surface area contributed by atoms with Gasteiger partial charge in [-0.15, -0.1) is 0 Å². The van der Waals surface area contributed by atoms with Crippen LogP contribution in [0.4, 0.5) is 0 Å². The molecule has 1 aliphatic rings. The molecular weight excluding hydrogens is 308 g/mol. The van der Waals surface area contributed by atoms with Crippen LogP contribution in [0.5, 0.6) is 0 Å². The van der Waals surface area contributed by atoms with Gasteiger partial charge in [-0.1, -0.05) is 41.9 Å². The third-order valence-electron chi connectivity index (χ3n) is 4.78. The Kier molecular flexibility index (Phi) is 3.64. The Morgan fingerprint density at radius 1 is 1.13 bits per heavy atom. The van der Waals surface area contributed by atoms with E-state index in [2.05, 4.69) is 34.3 Å². The lowest BCUT2D eigenvalue weighted by Gasteiger charge is -2.24. The van der Waals surface area contributed by atoms with Crippen molar-refractivity contribution in [3.05, 3.63) is 70.9 Å². The number of hydrogen-bond acceptors (Lipinski definition) is 2. The molecule has 3 nitrogen and oxygen atoms in total. The van der Waals surface area contributed by atoms with E-state index in [1.54, 1.807) is 0 Å². The summed E-state index contributed by atoms with van der Waals surface area (Å²) in [6.45, 7) is 2.38. The summed E-state index contributed by atoms with van der Waals surface area (Å²) in [5.41, 5.74) is 2.61. The van der Waals surface area contributed by atoms with Crippen molar-refractivity contribution in [2.75, 3.05) is 13.1 Å². The number of aromatic nitrogens is 1. The highest BCUT2D eigenvalue weighted by molar-refractivity contribution is 6.30. The topological polar surface area (TPSA) is 39.3 Å². The molecule has 1 aromatic heterocycles. The maximum atomic E-state index is 11.0. The van der Waals surface area contributed by atoms with Crippen LogP contribution in [0.2, 0.25) is 5.02 Å². The first-order chi connectivity index (χ1) is 11.1. The average molecular weight is 327 g/mol. The van der Waals surface area contributed by atoms with Crippen LogP contribution in [-0.2, 0) is 12.1 Å². The van der Waals surface area contributed by atoms with Crippen LogP contribution in [0.15, 0.2) is 54.7 Å². The van der Waals surface area contributed by atoms with Crippen LogP contribution in [0, 0.1) is 0 Å². The number of benzene rings is 2. The summed E-state index contributed by atoms with van der Waals surface area (Å²) >= 11 is 5.95. The predicted molar refractivity (Wildman–Crippen MR) is 93.5 cm³/mol. The lowest BCUT2D eigenvalue weighted by atomic mass is 9.93. The van der Waals surface area contributed by atoms with Gasteiger partial charge in [0.25, 0.3) is 0 Å². The van der Waals surface area contributed by atoms with E-state index in [-0.39, 0.29) is 0 Å². The maximum absolute atomic E-state index is 11.0. The molecule has 2 N–H and O–H groups in total. The zero-order chi connectivity index (χ0) is 15.9. The number of likely N-dealkylation sites (tertiary alicyclic amines) is 1. The molecule has 3 aromatic rings. The standard InChI is InChI=1S/C19H19ClN2O/c20-16-7-5-15(6-8-16)19(23)9-10-22(13-19)12-14-11-21-18-4-2-1-3-17(14)18/h1-8,11,21,23H,9-10,12-13H2. The fourth-order valence-corrected chi connectivity index (χ4v) is 3.63. The lowest BCUT2D eigenvalue weighted by molar-refractivity contribution is 0.0453. The molecule has 1 aliphatic heterocycles. The SMILES string of the molecule is OC1(c2ccc(Cl)cc2)CCN(Cc2c[nH]c3ccccc23)C1. The van der Waals surface area contributed by atoms with Gasteiger partial charge in [0.15, 0.2) is 0 Å². The molecule has 0 spiro atoms. The Hall–Kier alpha value is -1.81. The largest absolute Gasteiger partial charge is 0.384 e. The quantitative estimate of drug-likeness (QED) is 0.766. The van der Waals surface area contributed by atoms with E-state index < -0.39 is 5.60 Å². The summed E-state index contributed by atoms with van der Waals surface area (Å²) in [5.74, 6) is 0. The number of H-pyrrole nitrogens is 1. The van der Waals surface area contributed by atoms with Crippen molar-refractivity contribution in [2.45, 2.75) is 18.6 Å². The van der Waals surface area contributed by atoms with E-state index in [0.717, 1.165) is 30.6 Å². The van der Waals surface area contributed by atoms with Crippen LogP contribution in [0.3, 0.4) is 0 Å². The van der Waals surface area contributed by atoms with Crippen molar-refractivity contribution < 1.29 is 5.11 Å². The second-order valence-corrected chi connectivity index (χ2v) is 6.80. The van der Waals surface area contributed by atoms with Gasteiger partial charge in [0.1, 0.15) is 5.60 Å². The molecule has 0 radical (unpaired) electrons. The summed E-state index contributed by atoms with van der Waals surface area (Å²) in [6, 6.07) is 15.9. The minimum atomic E-state index is -0.781. The van der Waals surface area contributed by atoms with Crippen molar-refractivity contribution in [2.24, 2.45) is 0 Å². The number of rotatable bonds is 3. The van der Waals surface area contributed by atoms with Gasteiger partial charge in [-0.2, -0.15) is 0 Å². The molecule has 0 aliphatic carbocycles. The monoisotopic (exact) mass is 326 g/mol. The van der Waals surface area contributed by atoms with E-state index in [9.17, 15) is 5.11 Å². The highest BCUT2D eigenvalue weighted by atomic mass is 35.5. The van der Waals surface area contributed by atoms with Gasteiger partial charge < -0.3 is 10.1 Å². The normalized spacial score (nSPS) is 22.0. The van der Waals surface area contributed by atoms with E-state index in [1.165, 1.54) is 10.9 Å². The summed E-state index contributed by atoms with van der Waals surface area (Å²) in [6.07, 6.45) is 2.82. The molecule has 2 aromatic carbocycles. The van der Waals surface area contributed by atoms with Gasteiger partial charge in [-0.25, -0.2) is 0 Å². The summed E-state index contributed by atoms with van der Waals surface area (Å²) in [4.78, 5) is 5.63. The van der Waals surface area contributed by atoms with Crippen LogP contribution < -0.4 is 0 Å². The number of aromatic amines is 1. The zero-order valence-electron chi connectivity index (χ0n) is 12.8. The molecule has 1 fully saturated rings. The van der Waals surface area contributed by atoms with Crippen molar-refractivity contribution in [1.29, 1.82) is 0 Å². The molecule has 4 rings (SSSR count). The Morgan fingerprint density at radius 3 is 2.74 bits per heavy atom. The number of nitrogens with zero attached hydrogens (tertiary/aromatic N) is 1. The Balaban J connectivity index is 1.53. The summed E-state index contributed by atoms with van der Waals surface area (Å²) in [5, 5.41) is 12.9. The molecule has 0 saturated carbocycles. The molecule has 118 valence electrons. The van der Waals surface area contributed by atoms with Gasteiger partial charge in [0.05, 0.1) is 0 Å². The van der Waals surface area contributed by atoms with E-state index in [1.807, 2.05) is 30.3 Å². The Bertz CT molecular complexity index is 827. The highest BCUT2D eigenvalue weighted by Crippen LogP contribution is 2.33. The second kappa shape index (κ2) is 5.68. The maximum Gasteiger partial charge on any atom is 0.103 e. The van der Waals surface area contributed by atoms with Gasteiger partial charge in [-0.05, 0) is 35.7 Å². The van der Waals surface area contributed by atoms with Gasteiger partial charge in [0, 0.05) is 41.8 Å². The molecule has 1 unspecified atom stereocenters. The first kappa shape index (κ1) is 14.8. The molecule has 1 atom stereocenters. The first-order valence-corrected chi connectivity index (χ1v) is 8.28. The van der Waals surface area contributed by atoms with Gasteiger partial charge in [-0.3, -0.25) is 4.90 Å².